The maximum Gasteiger partial charge on any atom is 0.417 e. The second kappa shape index (κ2) is 19.6. The Kier molecular flexibility index (Phi) is 16.9. The molecule has 0 spiro atoms. The van der Waals surface area contributed by atoms with Gasteiger partial charge in [-0.25, -0.2) is 0 Å². The van der Waals surface area contributed by atoms with E-state index in [1.54, 1.807) is 0 Å². The molecule has 0 unspecified atom stereocenters. The zero-order valence-corrected chi connectivity index (χ0v) is 37.1. The van der Waals surface area contributed by atoms with Gasteiger partial charge in [0.15, 0.2) is 0 Å². The van der Waals surface area contributed by atoms with Crippen LogP contribution >= 0.6 is 7.81 Å². The van der Waals surface area contributed by atoms with Gasteiger partial charge in [-0.15, -0.1) is 24.3 Å². The van der Waals surface area contributed by atoms with Crippen LogP contribution in [0.1, 0.15) is 63.8 Å². The number of nitrogens with zero attached hydrogens (tertiary/aromatic N) is 4. The number of halogens is 16. The first kappa shape index (κ1) is 55.1. The Labute approximate surface area is 369 Å². The van der Waals surface area contributed by atoms with Crippen LogP contribution in [0.3, 0.4) is 0 Å². The second-order valence-electron chi connectivity index (χ2n) is 15.3. The summed E-state index contributed by atoms with van der Waals surface area (Å²) in [5.74, 6) is -3.49. The number of rotatable bonds is 3. The van der Waals surface area contributed by atoms with E-state index in [0.717, 1.165) is 47.8 Å². The van der Waals surface area contributed by atoms with Crippen LogP contribution in [0.25, 0.3) is 33.9 Å². The summed E-state index contributed by atoms with van der Waals surface area (Å²) in [6.45, 7) is 13.3. The zero-order valence-electron chi connectivity index (χ0n) is 33.9. The summed E-state index contributed by atoms with van der Waals surface area (Å²) in [6, 6.07) is 19.6. The molecule has 0 amide bonds. The minimum atomic E-state index is -10.7. The normalized spacial score (nSPS) is 13.0. The van der Waals surface area contributed by atoms with Gasteiger partial charge in [0.2, 0.25) is 0 Å². The molecule has 22 heteroatoms. The Morgan fingerprint density at radius 1 is 0.438 bits per heavy atom. The fourth-order valence-electron chi connectivity index (χ4n) is 4.78. The van der Waals surface area contributed by atoms with Crippen molar-refractivity contribution in [1.82, 2.24) is 19.9 Å². The van der Waals surface area contributed by atoms with E-state index in [2.05, 4.69) is 97.9 Å². The summed E-state index contributed by atoms with van der Waals surface area (Å²) in [5, 5.41) is 0. The van der Waals surface area contributed by atoms with Crippen LogP contribution in [0.2, 0.25) is 0 Å². The molecule has 0 atom stereocenters. The predicted octanol–water partition coefficient (Wildman–Crippen LogP) is 15.8. The van der Waals surface area contributed by atoms with E-state index >= 15 is 0 Å². The minimum Gasteiger partial charge on any atom is -0.304 e. The Bertz CT molecular complexity index is 2310. The van der Waals surface area contributed by atoms with E-state index < -0.39 is 54.6 Å². The topological polar surface area (TPSA) is 51.6 Å². The molecule has 4 nitrogen and oxygen atoms in total. The zero-order chi connectivity index (χ0) is 48.0. The van der Waals surface area contributed by atoms with Gasteiger partial charge in [0.05, 0.1) is 22.5 Å². The molecule has 351 valence electrons. The molecule has 64 heavy (non-hydrogen) atoms. The van der Waals surface area contributed by atoms with E-state index in [4.69, 9.17) is 0 Å². The van der Waals surface area contributed by atoms with Crippen LogP contribution in [-0.4, -0.2) is 19.9 Å². The van der Waals surface area contributed by atoms with E-state index in [1.807, 2.05) is 12.4 Å². The van der Waals surface area contributed by atoms with Crippen LogP contribution < -0.4 is 0 Å². The second-order valence-corrected chi connectivity index (χ2v) is 17.2. The molecule has 0 saturated heterocycles. The summed E-state index contributed by atoms with van der Waals surface area (Å²) in [4.78, 5) is 16.0. The molecule has 0 N–H and O–H groups in total. The van der Waals surface area contributed by atoms with Gasteiger partial charge in [-0.1, -0.05) is 89.1 Å². The number of hydrogen-bond donors (Lipinski definition) is 0. The van der Waals surface area contributed by atoms with Gasteiger partial charge < -0.3 is 9.97 Å². The Morgan fingerprint density at radius 3 is 0.984 bits per heavy atom. The first-order chi connectivity index (χ1) is 28.4. The fraction of sp³-hybridized carbons (Fsp3) is 0.238. The van der Waals surface area contributed by atoms with E-state index in [9.17, 15) is 69.1 Å². The van der Waals surface area contributed by atoms with Crippen LogP contribution in [0.5, 0.6) is 0 Å². The van der Waals surface area contributed by atoms with Crippen molar-refractivity contribution in [2.24, 2.45) is 0 Å². The predicted molar refractivity (Wildman–Crippen MR) is 205 cm³/mol. The van der Waals surface area contributed by atoms with Crippen LogP contribution in [0.4, 0.5) is 69.1 Å². The van der Waals surface area contributed by atoms with Gasteiger partial charge >= 0.3 is 45.3 Å². The fourth-order valence-corrected chi connectivity index (χ4v) is 4.78. The number of aromatic nitrogens is 4. The van der Waals surface area contributed by atoms with Crippen molar-refractivity contribution in [1.29, 1.82) is 0 Å². The molecule has 0 bridgehead atoms. The Balaban J connectivity index is 0.000000305. The van der Waals surface area contributed by atoms with Gasteiger partial charge in [-0.2, -0.15) is 26.3 Å². The van der Waals surface area contributed by atoms with Crippen LogP contribution in [-0.2, 0) is 43.3 Å². The summed E-state index contributed by atoms with van der Waals surface area (Å²) < 4.78 is 185. The Hall–Kier alpha value is -5.00. The van der Waals surface area contributed by atoms with Crippen molar-refractivity contribution in [2.75, 3.05) is 0 Å². The molecular weight excluding hydrogens is 1090 g/mol. The Morgan fingerprint density at radius 2 is 0.750 bits per heavy atom. The molecule has 0 fully saturated rings. The van der Waals surface area contributed by atoms with Crippen molar-refractivity contribution in [3.63, 3.8) is 0 Å². The molecule has 0 saturated carbocycles. The van der Waals surface area contributed by atoms with E-state index in [1.165, 1.54) is 11.1 Å². The molecule has 1 radical (unpaired) electrons. The van der Waals surface area contributed by atoms with Gasteiger partial charge in [-0.3, -0.25) is 27.5 Å². The number of alkyl halides is 6. The maximum atomic E-state index is 13.3. The summed E-state index contributed by atoms with van der Waals surface area (Å²) >= 11 is 0. The third-order valence-electron chi connectivity index (χ3n) is 7.92. The molecule has 0 aliphatic heterocycles. The standard InChI is InChI=1S/C18H24N2.2C12H5F5N.F6P.Ir/c1-17(2,3)13-7-9-19-15(11-13)16-12-14(8-10-20-16)18(4,5)6;2*13-8-2-3-9(10(14)5-8)11-4-1-7(6-18-11)12(15,16)17;1-7(2,3,4,5)6;/h7-12H,1-6H3;2*1-2,4-6H;;/q;3*-1;. The van der Waals surface area contributed by atoms with Crippen molar-refractivity contribution >= 4 is 7.81 Å². The molecule has 6 aromatic rings. The van der Waals surface area contributed by atoms with Crippen LogP contribution in [0.15, 0.2) is 97.6 Å². The van der Waals surface area contributed by atoms with Gasteiger partial charge in [0.25, 0.3) is 0 Å². The number of benzene rings is 2. The SMILES string of the molecule is CC(C)(C)c1ccnc(-c2cc(C(C)(C)C)ccn2)c1.F[P-](F)(F)(F)(F)F.Fc1c[c-]c(-c2ccc(C(F)(F)F)cn2)c(F)c1.Fc1c[c-]c(-c2ccc(C(F)(F)F)cn2)c(F)c1.[Ir]. The van der Waals surface area contributed by atoms with Crippen molar-refractivity contribution < 1.29 is 89.2 Å². The molecule has 0 aliphatic carbocycles. The first-order valence-electron chi connectivity index (χ1n) is 17.7. The maximum absolute atomic E-state index is 13.3. The van der Waals surface area contributed by atoms with E-state index in [-0.39, 0.29) is 53.5 Å². The molecule has 4 aromatic heterocycles. The number of hydrogen-bond acceptors (Lipinski definition) is 4. The largest absolute Gasteiger partial charge is 0.417 e. The molecule has 0 aliphatic rings. The molecule has 6 rings (SSSR count). The summed E-state index contributed by atoms with van der Waals surface area (Å²) in [7, 11) is -10.7. The summed E-state index contributed by atoms with van der Waals surface area (Å²) in [6.07, 6.45) is -4.08. The number of pyridine rings is 4. The van der Waals surface area contributed by atoms with Crippen molar-refractivity contribution in [3.05, 3.63) is 155 Å². The third kappa shape index (κ3) is 19.0. The average Bonchev–Trinajstić information content (AvgIpc) is 3.13. The van der Waals surface area contributed by atoms with Gasteiger partial charge in [-0.05, 0) is 57.6 Å². The van der Waals surface area contributed by atoms with Gasteiger partial charge in [0, 0.05) is 68.2 Å². The van der Waals surface area contributed by atoms with Crippen molar-refractivity contribution in [2.45, 2.75) is 64.7 Å². The molecule has 4 heterocycles. The third-order valence-corrected chi connectivity index (χ3v) is 7.92. The average molecular weight is 1120 g/mol. The smallest absolute Gasteiger partial charge is 0.304 e. The minimum absolute atomic E-state index is 0. The van der Waals surface area contributed by atoms with E-state index in [0.29, 0.717) is 24.5 Å². The van der Waals surface area contributed by atoms with Crippen LogP contribution in [0, 0.1) is 35.4 Å². The first-order valence-corrected chi connectivity index (χ1v) is 19.7. The monoisotopic (exact) mass is 1120 g/mol. The van der Waals surface area contributed by atoms with Gasteiger partial charge in [0.1, 0.15) is 0 Å². The molecular formula is C42H34F16IrN4P-3. The molecule has 2 aromatic carbocycles. The van der Waals surface area contributed by atoms with Crippen molar-refractivity contribution in [3.8, 4) is 33.9 Å². The summed E-state index contributed by atoms with van der Waals surface area (Å²) in [5.41, 5.74) is 2.40. The quantitative estimate of drug-likeness (QED) is 0.101.